The Bertz CT molecular complexity index is 224. The molecule has 0 fully saturated rings. The van der Waals surface area contributed by atoms with Gasteiger partial charge in [-0.1, -0.05) is 26.0 Å². The number of ketones is 1. The quantitative estimate of drug-likeness (QED) is 0.679. The first kappa shape index (κ1) is 14.3. The first-order valence-corrected chi connectivity index (χ1v) is 5.43. The number of rotatable bonds is 6. The summed E-state index contributed by atoms with van der Waals surface area (Å²) in [5, 5.41) is 10.0. The molecule has 0 saturated heterocycles. The molecule has 0 amide bonds. The third kappa shape index (κ3) is 4.58. The van der Waals surface area contributed by atoms with Crippen LogP contribution in [0.3, 0.4) is 0 Å². The molecule has 15 heavy (non-hydrogen) atoms. The van der Waals surface area contributed by atoms with Gasteiger partial charge in [0.15, 0.2) is 0 Å². The van der Waals surface area contributed by atoms with Gasteiger partial charge in [0.1, 0.15) is 5.78 Å². The van der Waals surface area contributed by atoms with Gasteiger partial charge in [-0.2, -0.15) is 0 Å². The Morgan fingerprint density at radius 1 is 1.47 bits per heavy atom. The molecule has 0 heterocycles. The number of carbonyl (C=O) groups is 1. The molecule has 1 N–H and O–H groups in total. The predicted octanol–water partition coefficient (Wildman–Crippen LogP) is 1.47. The Hall–Kier alpha value is -0.670. The predicted molar refractivity (Wildman–Crippen MR) is 62.8 cm³/mol. The molecular formula is C12H23NO2. The van der Waals surface area contributed by atoms with Crippen molar-refractivity contribution in [1.82, 2.24) is 4.90 Å². The number of likely N-dealkylation sites (N-methyl/N-ethyl adjacent to an activating group) is 1. The Morgan fingerprint density at radius 3 is 2.33 bits per heavy atom. The fourth-order valence-corrected chi connectivity index (χ4v) is 1.66. The molecule has 0 aromatic rings. The van der Waals surface area contributed by atoms with Gasteiger partial charge < -0.3 is 5.11 Å². The number of aliphatic hydroxyl groups excluding tert-OH is 1. The number of aliphatic hydroxyl groups is 1. The average molecular weight is 213 g/mol. The first-order chi connectivity index (χ1) is 6.91. The fourth-order valence-electron chi connectivity index (χ4n) is 1.66. The largest absolute Gasteiger partial charge is 0.390 e. The van der Waals surface area contributed by atoms with Gasteiger partial charge >= 0.3 is 0 Å². The molecular weight excluding hydrogens is 190 g/mol. The zero-order valence-corrected chi connectivity index (χ0v) is 10.4. The molecule has 0 unspecified atom stereocenters. The van der Waals surface area contributed by atoms with Crippen molar-refractivity contribution >= 4 is 5.78 Å². The number of Topliss-reactive ketones (excluding diaryl/α,β-unsaturated/α-hetero) is 1. The minimum absolute atomic E-state index is 0.00116. The third-order valence-electron chi connectivity index (χ3n) is 2.51. The van der Waals surface area contributed by atoms with E-state index in [0.29, 0.717) is 0 Å². The van der Waals surface area contributed by atoms with E-state index < -0.39 is 12.1 Å². The van der Waals surface area contributed by atoms with Crippen molar-refractivity contribution in [3.8, 4) is 0 Å². The minimum Gasteiger partial charge on any atom is -0.390 e. The molecule has 3 atom stereocenters. The molecule has 3 heteroatoms. The topological polar surface area (TPSA) is 40.5 Å². The second-order valence-corrected chi connectivity index (χ2v) is 4.21. The number of hydrogen-bond acceptors (Lipinski definition) is 3. The molecule has 0 aliphatic carbocycles. The van der Waals surface area contributed by atoms with Crippen LogP contribution >= 0.6 is 0 Å². The fraction of sp³-hybridized carbons (Fsp3) is 0.750. The molecule has 0 aromatic carbocycles. The van der Waals surface area contributed by atoms with Gasteiger partial charge in [-0.05, 0) is 27.4 Å². The highest BCUT2D eigenvalue weighted by molar-refractivity contribution is 5.82. The van der Waals surface area contributed by atoms with Crippen molar-refractivity contribution < 1.29 is 9.90 Å². The second-order valence-electron chi connectivity index (χ2n) is 4.21. The lowest BCUT2D eigenvalue weighted by Crippen LogP contribution is -2.46. The van der Waals surface area contributed by atoms with Crippen molar-refractivity contribution in [1.29, 1.82) is 0 Å². The van der Waals surface area contributed by atoms with Crippen LogP contribution in [0.5, 0.6) is 0 Å². The molecule has 0 rings (SSSR count). The van der Waals surface area contributed by atoms with Gasteiger partial charge in [-0.15, -0.1) is 0 Å². The van der Waals surface area contributed by atoms with E-state index in [2.05, 4.69) is 0 Å². The maximum absolute atomic E-state index is 11.4. The van der Waals surface area contributed by atoms with Crippen molar-refractivity contribution in [3.63, 3.8) is 0 Å². The van der Waals surface area contributed by atoms with E-state index in [1.165, 1.54) is 6.92 Å². The zero-order chi connectivity index (χ0) is 12.0. The van der Waals surface area contributed by atoms with Crippen LogP contribution < -0.4 is 0 Å². The number of carbonyl (C=O) groups excluding carboxylic acids is 1. The van der Waals surface area contributed by atoms with E-state index in [0.717, 1.165) is 6.42 Å². The maximum Gasteiger partial charge on any atom is 0.149 e. The van der Waals surface area contributed by atoms with Gasteiger partial charge in [0, 0.05) is 5.92 Å². The summed E-state index contributed by atoms with van der Waals surface area (Å²) >= 11 is 0. The molecule has 0 saturated carbocycles. The van der Waals surface area contributed by atoms with E-state index in [1.807, 2.05) is 40.1 Å². The number of allylic oxidation sites excluding steroid dienone is 1. The SMILES string of the molecule is CC/C=C\[C@@H](C)[C@@H](O)[C@@H](C(C)=O)N(C)C. The van der Waals surface area contributed by atoms with E-state index in [1.54, 1.807) is 4.90 Å². The lowest BCUT2D eigenvalue weighted by Gasteiger charge is -2.29. The highest BCUT2D eigenvalue weighted by Crippen LogP contribution is 2.13. The zero-order valence-electron chi connectivity index (χ0n) is 10.4. The molecule has 0 bridgehead atoms. The van der Waals surface area contributed by atoms with Crippen LogP contribution in [0.2, 0.25) is 0 Å². The van der Waals surface area contributed by atoms with Crippen molar-refractivity contribution in [2.45, 2.75) is 39.3 Å². The van der Waals surface area contributed by atoms with Crippen LogP contribution in [0.25, 0.3) is 0 Å². The summed E-state index contributed by atoms with van der Waals surface area (Å²) in [5.74, 6) is 0.00509. The van der Waals surface area contributed by atoms with Crippen molar-refractivity contribution in [2.24, 2.45) is 5.92 Å². The van der Waals surface area contributed by atoms with E-state index in [9.17, 15) is 9.90 Å². The second kappa shape index (κ2) is 6.75. The van der Waals surface area contributed by atoms with E-state index in [4.69, 9.17) is 0 Å². The molecule has 0 aromatic heterocycles. The summed E-state index contributed by atoms with van der Waals surface area (Å²) in [6.45, 7) is 5.49. The Morgan fingerprint density at radius 2 is 2.00 bits per heavy atom. The molecule has 88 valence electrons. The maximum atomic E-state index is 11.4. The van der Waals surface area contributed by atoms with E-state index >= 15 is 0 Å². The van der Waals surface area contributed by atoms with Crippen LogP contribution in [-0.2, 0) is 4.79 Å². The van der Waals surface area contributed by atoms with Crippen LogP contribution in [0, 0.1) is 5.92 Å². The van der Waals surface area contributed by atoms with E-state index in [-0.39, 0.29) is 11.7 Å². The summed E-state index contributed by atoms with van der Waals surface area (Å²) in [6, 6.07) is -0.415. The number of hydrogen-bond donors (Lipinski definition) is 1. The summed E-state index contributed by atoms with van der Waals surface area (Å²) in [6.07, 6.45) is 4.29. The van der Waals surface area contributed by atoms with Gasteiger partial charge in [-0.3, -0.25) is 9.69 Å². The van der Waals surface area contributed by atoms with Gasteiger partial charge in [0.2, 0.25) is 0 Å². The van der Waals surface area contributed by atoms with Gasteiger partial charge in [0.25, 0.3) is 0 Å². The lowest BCUT2D eigenvalue weighted by molar-refractivity contribution is -0.125. The Balaban J connectivity index is 4.56. The molecule has 0 radical (unpaired) electrons. The van der Waals surface area contributed by atoms with Crippen LogP contribution in [0.1, 0.15) is 27.2 Å². The molecule has 3 nitrogen and oxygen atoms in total. The first-order valence-electron chi connectivity index (χ1n) is 5.43. The monoisotopic (exact) mass is 213 g/mol. The highest BCUT2D eigenvalue weighted by Gasteiger charge is 2.28. The van der Waals surface area contributed by atoms with Crippen molar-refractivity contribution in [2.75, 3.05) is 14.1 Å². The van der Waals surface area contributed by atoms with Gasteiger partial charge in [-0.25, -0.2) is 0 Å². The average Bonchev–Trinajstić information content (AvgIpc) is 2.12. The third-order valence-corrected chi connectivity index (χ3v) is 2.51. The summed E-state index contributed by atoms with van der Waals surface area (Å²) in [4.78, 5) is 13.1. The van der Waals surface area contributed by atoms with Crippen LogP contribution in [0.4, 0.5) is 0 Å². The standard InChI is InChI=1S/C12H23NO2/c1-6-7-8-9(2)12(15)11(10(3)14)13(4)5/h7-9,11-12,15H,6H2,1-5H3/b8-7-/t9-,11-,12-/m1/s1. The summed E-state index contributed by atoms with van der Waals surface area (Å²) < 4.78 is 0. The number of nitrogens with zero attached hydrogens (tertiary/aromatic N) is 1. The van der Waals surface area contributed by atoms with Crippen LogP contribution in [0.15, 0.2) is 12.2 Å². The normalized spacial score (nSPS) is 18.1. The van der Waals surface area contributed by atoms with Gasteiger partial charge in [0.05, 0.1) is 12.1 Å². The smallest absolute Gasteiger partial charge is 0.149 e. The minimum atomic E-state index is -0.639. The molecule has 0 spiro atoms. The van der Waals surface area contributed by atoms with Crippen molar-refractivity contribution in [3.05, 3.63) is 12.2 Å². The Labute approximate surface area is 92.8 Å². The molecule has 0 aliphatic heterocycles. The van der Waals surface area contributed by atoms with Crippen LogP contribution in [-0.4, -0.2) is 42.0 Å². The highest BCUT2D eigenvalue weighted by atomic mass is 16.3. The summed E-state index contributed by atoms with van der Waals surface area (Å²) in [5.41, 5.74) is 0. The Kier molecular flexibility index (Phi) is 6.45. The summed E-state index contributed by atoms with van der Waals surface area (Å²) in [7, 11) is 3.62. The lowest BCUT2D eigenvalue weighted by atomic mass is 9.94. The molecule has 0 aliphatic rings.